The summed E-state index contributed by atoms with van der Waals surface area (Å²) in [6.07, 6.45) is 6.27. The van der Waals surface area contributed by atoms with Gasteiger partial charge in [-0.25, -0.2) is 8.42 Å². The molecule has 38 heavy (non-hydrogen) atoms. The standard InChI is InChI=1S/C29H35N5O3S/c30-12-9-21-10-14-34(15-11-21)29(35)26(17-22-4-1-6-24(16-22)28(31)32)20-38(36,37)27-8-2-5-23(18-27)25-7-3-13-33-19-25/h1-8,13,16,18-19,21,26H,9-12,14-15,17,20,30H2,(H3,31,32). The maximum atomic E-state index is 13.7. The second-order valence-corrected chi connectivity index (χ2v) is 11.9. The summed E-state index contributed by atoms with van der Waals surface area (Å²) in [5.41, 5.74) is 14.3. The molecule has 9 heteroatoms. The average Bonchev–Trinajstić information content (AvgIpc) is 2.93. The number of hydrogen-bond acceptors (Lipinski definition) is 6. The third-order valence-electron chi connectivity index (χ3n) is 7.18. The molecule has 8 nitrogen and oxygen atoms in total. The zero-order valence-corrected chi connectivity index (χ0v) is 22.2. The van der Waals surface area contributed by atoms with Crippen molar-refractivity contribution in [2.24, 2.45) is 23.3 Å². The van der Waals surface area contributed by atoms with Gasteiger partial charge in [0.1, 0.15) is 5.84 Å². The third-order valence-corrected chi connectivity index (χ3v) is 8.99. The highest BCUT2D eigenvalue weighted by Crippen LogP contribution is 2.27. The number of likely N-dealkylation sites (tertiary alicyclic amines) is 1. The van der Waals surface area contributed by atoms with Crippen LogP contribution in [0.15, 0.2) is 78.0 Å². The van der Waals surface area contributed by atoms with Crippen molar-refractivity contribution in [1.82, 2.24) is 9.88 Å². The summed E-state index contributed by atoms with van der Waals surface area (Å²) >= 11 is 0. The van der Waals surface area contributed by atoms with E-state index in [1.165, 1.54) is 0 Å². The molecule has 0 aliphatic carbocycles. The molecule has 1 saturated heterocycles. The van der Waals surface area contributed by atoms with Crippen molar-refractivity contribution < 1.29 is 13.2 Å². The van der Waals surface area contributed by atoms with Gasteiger partial charge in [-0.05, 0) is 73.5 Å². The normalized spacial score (nSPS) is 15.2. The Balaban J connectivity index is 1.60. The molecule has 0 radical (unpaired) electrons. The monoisotopic (exact) mass is 533 g/mol. The number of piperidine rings is 1. The smallest absolute Gasteiger partial charge is 0.227 e. The number of benzene rings is 2. The maximum Gasteiger partial charge on any atom is 0.227 e. The highest BCUT2D eigenvalue weighted by molar-refractivity contribution is 7.91. The number of carbonyl (C=O) groups excluding carboxylic acids is 1. The van der Waals surface area contributed by atoms with Gasteiger partial charge >= 0.3 is 0 Å². The highest BCUT2D eigenvalue weighted by Gasteiger charge is 2.32. The molecule has 2 heterocycles. The number of nitrogens with zero attached hydrogens (tertiary/aromatic N) is 2. The van der Waals surface area contributed by atoms with Crippen LogP contribution in [0, 0.1) is 17.2 Å². The Morgan fingerprint density at radius 3 is 2.47 bits per heavy atom. The molecule has 1 amide bonds. The minimum absolute atomic E-state index is 0.0726. The molecule has 0 saturated carbocycles. The molecule has 200 valence electrons. The lowest BCUT2D eigenvalue weighted by molar-refractivity contribution is -0.136. The Morgan fingerprint density at radius 1 is 1.05 bits per heavy atom. The van der Waals surface area contributed by atoms with E-state index in [4.69, 9.17) is 16.9 Å². The van der Waals surface area contributed by atoms with Crippen LogP contribution < -0.4 is 11.5 Å². The van der Waals surface area contributed by atoms with Gasteiger partial charge in [0.15, 0.2) is 9.84 Å². The van der Waals surface area contributed by atoms with Gasteiger partial charge in [0.05, 0.1) is 16.6 Å². The lowest BCUT2D eigenvalue weighted by Crippen LogP contribution is -2.44. The number of amides is 1. The number of aromatic nitrogens is 1. The molecule has 4 rings (SSSR count). The molecule has 1 fully saturated rings. The third kappa shape index (κ3) is 6.85. The Labute approximate surface area is 224 Å². The number of nitrogen functional groups attached to an aromatic ring is 1. The zero-order valence-electron chi connectivity index (χ0n) is 21.4. The molecule has 2 aromatic carbocycles. The van der Waals surface area contributed by atoms with E-state index >= 15 is 0 Å². The maximum absolute atomic E-state index is 13.7. The van der Waals surface area contributed by atoms with Crippen LogP contribution in [0.3, 0.4) is 0 Å². The van der Waals surface area contributed by atoms with Gasteiger partial charge < -0.3 is 16.4 Å². The van der Waals surface area contributed by atoms with E-state index in [0.29, 0.717) is 31.1 Å². The first-order valence-corrected chi connectivity index (χ1v) is 14.6. The molecule has 1 aliphatic heterocycles. The summed E-state index contributed by atoms with van der Waals surface area (Å²) in [4.78, 5) is 19.9. The molecule has 0 bridgehead atoms. The number of nitrogens with one attached hydrogen (secondary N) is 1. The van der Waals surface area contributed by atoms with E-state index in [0.717, 1.165) is 36.0 Å². The van der Waals surface area contributed by atoms with Crippen molar-refractivity contribution in [3.05, 3.63) is 84.2 Å². The Kier molecular flexibility index (Phi) is 8.91. The van der Waals surface area contributed by atoms with Crippen molar-refractivity contribution in [3.63, 3.8) is 0 Å². The predicted octanol–water partition coefficient (Wildman–Crippen LogP) is 3.25. The average molecular weight is 534 g/mol. The second-order valence-electron chi connectivity index (χ2n) is 9.91. The lowest BCUT2D eigenvalue weighted by atomic mass is 9.92. The van der Waals surface area contributed by atoms with E-state index in [1.807, 2.05) is 18.2 Å². The number of nitrogens with two attached hydrogens (primary N) is 2. The topological polar surface area (TPSA) is 143 Å². The predicted molar refractivity (Wildman–Crippen MR) is 149 cm³/mol. The van der Waals surface area contributed by atoms with Crippen LogP contribution >= 0.6 is 0 Å². The molecule has 0 spiro atoms. The molecule has 3 aromatic rings. The number of rotatable bonds is 10. The quantitative estimate of drug-likeness (QED) is 0.270. The van der Waals surface area contributed by atoms with Crippen LogP contribution in [-0.4, -0.2) is 55.4 Å². The van der Waals surface area contributed by atoms with Crippen LogP contribution in [0.4, 0.5) is 0 Å². The first-order valence-electron chi connectivity index (χ1n) is 12.9. The van der Waals surface area contributed by atoms with Crippen molar-refractivity contribution >= 4 is 21.6 Å². The highest BCUT2D eigenvalue weighted by atomic mass is 32.2. The van der Waals surface area contributed by atoms with Gasteiger partial charge in [0, 0.05) is 36.6 Å². The van der Waals surface area contributed by atoms with Gasteiger partial charge in [-0.2, -0.15) is 0 Å². The summed E-state index contributed by atoms with van der Waals surface area (Å²) in [7, 11) is -3.79. The molecule has 1 unspecified atom stereocenters. The van der Waals surface area contributed by atoms with Crippen LogP contribution in [0.2, 0.25) is 0 Å². The fourth-order valence-corrected chi connectivity index (χ4v) is 6.64. The first-order chi connectivity index (χ1) is 18.3. The first kappa shape index (κ1) is 27.5. The summed E-state index contributed by atoms with van der Waals surface area (Å²) in [5.74, 6) is -0.813. The van der Waals surface area contributed by atoms with E-state index in [1.54, 1.807) is 59.8 Å². The van der Waals surface area contributed by atoms with Crippen molar-refractivity contribution in [2.75, 3.05) is 25.4 Å². The molecule has 1 aliphatic rings. The van der Waals surface area contributed by atoms with Crippen molar-refractivity contribution in [3.8, 4) is 11.1 Å². The van der Waals surface area contributed by atoms with Crippen molar-refractivity contribution in [2.45, 2.75) is 30.6 Å². The van der Waals surface area contributed by atoms with Crippen LogP contribution in [0.1, 0.15) is 30.4 Å². The van der Waals surface area contributed by atoms with Gasteiger partial charge in [0.2, 0.25) is 5.91 Å². The Hall–Kier alpha value is -3.56. The molecular weight excluding hydrogens is 498 g/mol. The number of hydrogen-bond donors (Lipinski definition) is 3. The largest absolute Gasteiger partial charge is 0.384 e. The van der Waals surface area contributed by atoms with E-state index in [-0.39, 0.29) is 28.8 Å². The number of amidine groups is 1. The van der Waals surface area contributed by atoms with Crippen molar-refractivity contribution in [1.29, 1.82) is 5.41 Å². The minimum Gasteiger partial charge on any atom is -0.384 e. The molecule has 1 atom stereocenters. The van der Waals surface area contributed by atoms with Gasteiger partial charge in [-0.1, -0.05) is 36.4 Å². The minimum atomic E-state index is -3.79. The lowest BCUT2D eigenvalue weighted by Gasteiger charge is -2.34. The Bertz CT molecular complexity index is 1370. The number of carbonyl (C=O) groups is 1. The van der Waals surface area contributed by atoms with Gasteiger partial charge in [-0.3, -0.25) is 15.2 Å². The molecule has 5 N–H and O–H groups in total. The van der Waals surface area contributed by atoms with Gasteiger partial charge in [0.25, 0.3) is 0 Å². The SMILES string of the molecule is N=C(N)c1cccc(CC(CS(=O)(=O)c2cccc(-c3cccnc3)c2)C(=O)N2CCC(CCN)CC2)c1. The summed E-state index contributed by atoms with van der Waals surface area (Å²) < 4.78 is 27.3. The zero-order chi connectivity index (χ0) is 27.1. The fraction of sp³-hybridized carbons (Fsp3) is 0.345. The van der Waals surface area contributed by atoms with Crippen LogP contribution in [-0.2, 0) is 21.1 Å². The van der Waals surface area contributed by atoms with Crippen LogP contribution in [0.25, 0.3) is 11.1 Å². The summed E-state index contributed by atoms with van der Waals surface area (Å²) in [6, 6.07) is 17.6. The Morgan fingerprint density at radius 2 is 1.79 bits per heavy atom. The number of pyridine rings is 1. The van der Waals surface area contributed by atoms with E-state index in [2.05, 4.69) is 4.98 Å². The summed E-state index contributed by atoms with van der Waals surface area (Å²) in [5, 5.41) is 7.75. The van der Waals surface area contributed by atoms with E-state index in [9.17, 15) is 13.2 Å². The van der Waals surface area contributed by atoms with Gasteiger partial charge in [-0.15, -0.1) is 0 Å². The molecular formula is C29H35N5O3S. The fourth-order valence-electron chi connectivity index (χ4n) is 5.07. The second kappa shape index (κ2) is 12.3. The number of sulfone groups is 1. The summed E-state index contributed by atoms with van der Waals surface area (Å²) in [6.45, 7) is 1.83. The molecule has 1 aromatic heterocycles. The van der Waals surface area contributed by atoms with Crippen LogP contribution in [0.5, 0.6) is 0 Å². The van der Waals surface area contributed by atoms with E-state index < -0.39 is 15.8 Å².